The van der Waals surface area contributed by atoms with E-state index in [1.807, 2.05) is 0 Å². The van der Waals surface area contributed by atoms with E-state index in [1.165, 1.54) is 24.3 Å². The molecule has 21 heavy (non-hydrogen) atoms. The molecular formula is C16H9F2N3. The smallest absolute Gasteiger partial charge is 0.222 e. The van der Waals surface area contributed by atoms with Gasteiger partial charge in [-0.15, -0.1) is 0 Å². The highest BCUT2D eigenvalue weighted by Crippen LogP contribution is 2.27. The monoisotopic (exact) mass is 281 g/mol. The number of fused-ring (bicyclic) bond motifs is 1. The van der Waals surface area contributed by atoms with Gasteiger partial charge in [-0.1, -0.05) is 18.2 Å². The van der Waals surface area contributed by atoms with Gasteiger partial charge in [0.25, 0.3) is 0 Å². The highest BCUT2D eigenvalue weighted by atomic mass is 19.1. The van der Waals surface area contributed by atoms with Crippen LogP contribution in [0.4, 0.5) is 14.5 Å². The molecule has 0 aliphatic rings. The molecule has 2 aromatic carbocycles. The van der Waals surface area contributed by atoms with E-state index in [1.54, 1.807) is 24.3 Å². The van der Waals surface area contributed by atoms with Crippen LogP contribution in [0.25, 0.3) is 27.9 Å². The summed E-state index contributed by atoms with van der Waals surface area (Å²) in [5.74, 6) is -0.871. The average Bonchev–Trinajstić information content (AvgIpc) is 2.87. The largest absolute Gasteiger partial charge is 0.277 e. The summed E-state index contributed by atoms with van der Waals surface area (Å²) in [5, 5.41) is 7.48. The molecule has 0 amide bonds. The zero-order chi connectivity index (χ0) is 14.8. The molecule has 0 aliphatic heterocycles. The van der Waals surface area contributed by atoms with Crippen LogP contribution >= 0.6 is 0 Å². The van der Waals surface area contributed by atoms with Crippen molar-refractivity contribution in [1.29, 1.82) is 0 Å². The van der Waals surface area contributed by atoms with Crippen LogP contribution in [0, 0.1) is 18.2 Å². The molecule has 0 aliphatic carbocycles. The van der Waals surface area contributed by atoms with Crippen LogP contribution in [-0.4, -0.2) is 10.2 Å². The number of aromatic nitrogens is 2. The molecule has 102 valence electrons. The summed E-state index contributed by atoms with van der Waals surface area (Å²) in [4.78, 5) is 3.14. The number of nitrogens with one attached hydrogen (secondary N) is 1. The van der Waals surface area contributed by atoms with Crippen LogP contribution in [0.2, 0.25) is 0 Å². The summed E-state index contributed by atoms with van der Waals surface area (Å²) in [6.07, 6.45) is 3.51. The zero-order valence-electron chi connectivity index (χ0n) is 10.8. The normalized spacial score (nSPS) is 11.1. The summed E-state index contributed by atoms with van der Waals surface area (Å²) in [5.41, 5.74) is 1.90. The maximum Gasteiger partial charge on any atom is 0.222 e. The molecule has 1 heterocycles. The fraction of sp³-hybridized carbons (Fsp3) is 0. The zero-order valence-corrected chi connectivity index (χ0v) is 10.8. The molecule has 0 radical (unpaired) electrons. The number of benzene rings is 2. The van der Waals surface area contributed by atoms with Crippen molar-refractivity contribution < 1.29 is 8.78 Å². The second kappa shape index (κ2) is 5.17. The predicted octanol–water partition coefficient (Wildman–Crippen LogP) is 4.56. The molecule has 1 aromatic heterocycles. The van der Waals surface area contributed by atoms with E-state index in [0.29, 0.717) is 16.6 Å². The first kappa shape index (κ1) is 13.0. The Balaban J connectivity index is 2.01. The minimum Gasteiger partial charge on any atom is -0.277 e. The third kappa shape index (κ3) is 2.51. The summed E-state index contributed by atoms with van der Waals surface area (Å²) in [6.45, 7) is 6.94. The number of rotatable bonds is 2. The Labute approximate surface area is 119 Å². The third-order valence-corrected chi connectivity index (χ3v) is 3.08. The molecule has 1 N–H and O–H groups in total. The van der Waals surface area contributed by atoms with Gasteiger partial charge in [0.15, 0.2) is 0 Å². The maximum atomic E-state index is 13.5. The predicted molar refractivity (Wildman–Crippen MR) is 77.6 cm³/mol. The Morgan fingerprint density at radius 1 is 1.10 bits per heavy atom. The number of hydrogen-bond acceptors (Lipinski definition) is 1. The first-order valence-electron chi connectivity index (χ1n) is 6.16. The molecule has 0 fully saturated rings. The molecule has 3 aromatic rings. The van der Waals surface area contributed by atoms with Gasteiger partial charge in [0.2, 0.25) is 5.69 Å². The number of nitrogens with zero attached hydrogens (tertiary/aromatic N) is 2. The van der Waals surface area contributed by atoms with E-state index >= 15 is 0 Å². The molecule has 0 bridgehead atoms. The number of halogens is 2. The van der Waals surface area contributed by atoms with Crippen LogP contribution in [0.1, 0.15) is 11.3 Å². The Morgan fingerprint density at radius 2 is 1.86 bits per heavy atom. The van der Waals surface area contributed by atoms with E-state index in [2.05, 4.69) is 15.0 Å². The van der Waals surface area contributed by atoms with E-state index in [-0.39, 0.29) is 11.5 Å². The molecular weight excluding hydrogens is 272 g/mol. The Kier molecular flexibility index (Phi) is 3.20. The lowest BCUT2D eigenvalue weighted by Crippen LogP contribution is -1.77. The van der Waals surface area contributed by atoms with E-state index < -0.39 is 5.82 Å². The molecule has 0 saturated carbocycles. The van der Waals surface area contributed by atoms with Gasteiger partial charge in [-0.3, -0.25) is 5.10 Å². The average molecular weight is 281 g/mol. The standard InChI is InChI=1S/C16H9F2N3/c1-19-16-8-12-14(20-21-15(12)9-13(16)18)7-4-10-2-5-11(17)6-3-10/h2-9H,(H,20,21). The second-order valence-electron chi connectivity index (χ2n) is 4.45. The Bertz CT molecular complexity index is 871. The van der Waals surface area contributed by atoms with Gasteiger partial charge in [-0.05, 0) is 35.9 Å². The van der Waals surface area contributed by atoms with Gasteiger partial charge in [0.05, 0.1) is 17.8 Å². The number of aromatic amines is 1. The number of hydrogen-bond donors (Lipinski definition) is 1. The second-order valence-corrected chi connectivity index (χ2v) is 4.45. The molecule has 0 saturated heterocycles. The van der Waals surface area contributed by atoms with Crippen molar-refractivity contribution in [3.05, 3.63) is 70.7 Å². The van der Waals surface area contributed by atoms with Gasteiger partial charge in [0, 0.05) is 5.39 Å². The molecule has 0 unspecified atom stereocenters. The fourth-order valence-electron chi connectivity index (χ4n) is 2.01. The Hall–Kier alpha value is -3.00. The van der Waals surface area contributed by atoms with Crippen LogP contribution in [0.3, 0.4) is 0 Å². The molecule has 0 atom stereocenters. The summed E-state index contributed by atoms with van der Waals surface area (Å²) in [6, 6.07) is 8.75. The first-order chi connectivity index (χ1) is 10.2. The van der Waals surface area contributed by atoms with Gasteiger partial charge in [-0.25, -0.2) is 13.6 Å². The lowest BCUT2D eigenvalue weighted by atomic mass is 10.1. The number of H-pyrrole nitrogens is 1. The molecule has 0 spiro atoms. The molecule has 3 nitrogen and oxygen atoms in total. The van der Waals surface area contributed by atoms with Crippen molar-refractivity contribution in [3.63, 3.8) is 0 Å². The SMILES string of the molecule is [C-]#[N+]c1cc2c(C=Cc3ccc(F)cc3)n[nH]c2cc1F. The van der Waals surface area contributed by atoms with Crippen molar-refractivity contribution in [2.45, 2.75) is 0 Å². The lowest BCUT2D eigenvalue weighted by molar-refractivity contribution is 0.627. The topological polar surface area (TPSA) is 33.0 Å². The molecule has 5 heteroatoms. The lowest BCUT2D eigenvalue weighted by Gasteiger charge is -1.95. The quantitative estimate of drug-likeness (QED) is 0.686. The summed E-state index contributed by atoms with van der Waals surface area (Å²) in [7, 11) is 0. The fourth-order valence-corrected chi connectivity index (χ4v) is 2.01. The maximum absolute atomic E-state index is 13.5. The van der Waals surface area contributed by atoms with Crippen molar-refractivity contribution in [2.75, 3.05) is 0 Å². The van der Waals surface area contributed by atoms with Crippen molar-refractivity contribution in [3.8, 4) is 0 Å². The minimum absolute atomic E-state index is 0.0414. The third-order valence-electron chi connectivity index (χ3n) is 3.08. The van der Waals surface area contributed by atoms with Crippen molar-refractivity contribution in [1.82, 2.24) is 10.2 Å². The summed E-state index contributed by atoms with van der Waals surface area (Å²) >= 11 is 0. The highest BCUT2D eigenvalue weighted by Gasteiger charge is 2.09. The Morgan fingerprint density at radius 3 is 2.57 bits per heavy atom. The van der Waals surface area contributed by atoms with Crippen LogP contribution < -0.4 is 0 Å². The van der Waals surface area contributed by atoms with Gasteiger partial charge in [0.1, 0.15) is 11.6 Å². The van der Waals surface area contributed by atoms with Crippen molar-refractivity contribution >= 4 is 28.7 Å². The van der Waals surface area contributed by atoms with Crippen LogP contribution in [0.15, 0.2) is 36.4 Å². The van der Waals surface area contributed by atoms with Crippen molar-refractivity contribution in [2.24, 2.45) is 0 Å². The van der Waals surface area contributed by atoms with Gasteiger partial charge in [-0.2, -0.15) is 5.10 Å². The van der Waals surface area contributed by atoms with Gasteiger partial charge < -0.3 is 0 Å². The highest BCUT2D eigenvalue weighted by molar-refractivity contribution is 5.91. The van der Waals surface area contributed by atoms with E-state index in [4.69, 9.17) is 6.57 Å². The van der Waals surface area contributed by atoms with E-state index in [9.17, 15) is 8.78 Å². The van der Waals surface area contributed by atoms with Crippen LogP contribution in [-0.2, 0) is 0 Å². The van der Waals surface area contributed by atoms with Gasteiger partial charge >= 0.3 is 0 Å². The van der Waals surface area contributed by atoms with Crippen LogP contribution in [0.5, 0.6) is 0 Å². The minimum atomic E-state index is -0.574. The van der Waals surface area contributed by atoms with E-state index in [0.717, 1.165) is 5.56 Å². The summed E-state index contributed by atoms with van der Waals surface area (Å²) < 4.78 is 26.3. The first-order valence-corrected chi connectivity index (χ1v) is 6.16. The molecule has 3 rings (SSSR count).